The molecule has 0 aromatic carbocycles. The third kappa shape index (κ3) is 3.65. The van der Waals surface area contributed by atoms with Gasteiger partial charge >= 0.3 is 0 Å². The number of carbonyl (C=O) groups is 1. The van der Waals surface area contributed by atoms with E-state index in [0.29, 0.717) is 13.0 Å². The van der Waals surface area contributed by atoms with Crippen LogP contribution in [0.25, 0.3) is 0 Å². The minimum absolute atomic E-state index is 0.0535. The minimum atomic E-state index is 0.0535. The van der Waals surface area contributed by atoms with Crippen molar-refractivity contribution in [1.82, 2.24) is 15.2 Å². The molecule has 1 saturated heterocycles. The molecule has 1 aliphatic heterocycles. The zero-order valence-corrected chi connectivity index (χ0v) is 12.0. The van der Waals surface area contributed by atoms with E-state index in [9.17, 15) is 4.79 Å². The molecule has 1 unspecified atom stereocenters. The van der Waals surface area contributed by atoms with Crippen LogP contribution in [0.4, 0.5) is 5.13 Å². The summed E-state index contributed by atoms with van der Waals surface area (Å²) in [5.74, 6) is 0.0535. The first kappa shape index (κ1) is 14.2. The molecule has 0 spiro atoms. The SMILES string of the molecule is CNC(=O)CC(CN)N1CCN(c2nccs2)CC1. The molecular weight excluding hydrogens is 262 g/mol. The van der Waals surface area contributed by atoms with Crippen LogP contribution >= 0.6 is 11.3 Å². The largest absolute Gasteiger partial charge is 0.359 e. The number of thiazole rings is 1. The summed E-state index contributed by atoms with van der Waals surface area (Å²) in [6.07, 6.45) is 2.31. The lowest BCUT2D eigenvalue weighted by atomic mass is 10.1. The molecule has 7 heteroatoms. The fourth-order valence-corrected chi connectivity index (χ4v) is 3.02. The predicted octanol–water partition coefficient (Wildman–Crippen LogP) is -0.271. The molecular formula is C12H21N5OS. The Labute approximate surface area is 117 Å². The summed E-state index contributed by atoms with van der Waals surface area (Å²) in [5, 5.41) is 5.74. The first-order valence-corrected chi connectivity index (χ1v) is 7.41. The maximum absolute atomic E-state index is 11.5. The Balaban J connectivity index is 1.86. The van der Waals surface area contributed by atoms with E-state index in [2.05, 4.69) is 20.1 Å². The van der Waals surface area contributed by atoms with Gasteiger partial charge in [0, 0.05) is 63.8 Å². The van der Waals surface area contributed by atoms with E-state index in [4.69, 9.17) is 5.73 Å². The van der Waals surface area contributed by atoms with Crippen molar-refractivity contribution in [3.63, 3.8) is 0 Å². The highest BCUT2D eigenvalue weighted by Crippen LogP contribution is 2.19. The third-order valence-electron chi connectivity index (χ3n) is 3.49. The van der Waals surface area contributed by atoms with Crippen LogP contribution in [-0.2, 0) is 4.79 Å². The van der Waals surface area contributed by atoms with Gasteiger partial charge in [0.1, 0.15) is 0 Å². The van der Waals surface area contributed by atoms with Gasteiger partial charge < -0.3 is 16.0 Å². The maximum atomic E-state index is 11.5. The summed E-state index contributed by atoms with van der Waals surface area (Å²) in [6.45, 7) is 4.26. The van der Waals surface area contributed by atoms with Crippen molar-refractivity contribution < 1.29 is 4.79 Å². The standard InChI is InChI=1S/C12H21N5OS/c1-14-11(18)8-10(9-13)16-3-5-17(6-4-16)12-15-2-7-19-12/h2,7,10H,3-6,8-9,13H2,1H3,(H,14,18). The molecule has 6 nitrogen and oxygen atoms in total. The van der Waals surface area contributed by atoms with Gasteiger partial charge in [0.25, 0.3) is 0 Å². The Hall–Kier alpha value is -1.18. The number of piperazine rings is 1. The van der Waals surface area contributed by atoms with Crippen molar-refractivity contribution in [3.05, 3.63) is 11.6 Å². The number of nitrogens with two attached hydrogens (primary N) is 1. The molecule has 19 heavy (non-hydrogen) atoms. The van der Waals surface area contributed by atoms with E-state index >= 15 is 0 Å². The Morgan fingerprint density at radius 2 is 2.26 bits per heavy atom. The number of amides is 1. The van der Waals surface area contributed by atoms with Gasteiger partial charge in [0.15, 0.2) is 5.13 Å². The van der Waals surface area contributed by atoms with E-state index in [1.165, 1.54) is 0 Å². The van der Waals surface area contributed by atoms with Gasteiger partial charge in [0.05, 0.1) is 0 Å². The van der Waals surface area contributed by atoms with Crippen LogP contribution in [0.5, 0.6) is 0 Å². The Morgan fingerprint density at radius 3 is 2.79 bits per heavy atom. The van der Waals surface area contributed by atoms with Gasteiger partial charge in [-0.1, -0.05) is 0 Å². The normalized spacial score (nSPS) is 18.3. The smallest absolute Gasteiger partial charge is 0.221 e. The highest BCUT2D eigenvalue weighted by atomic mass is 32.1. The molecule has 2 rings (SSSR count). The monoisotopic (exact) mass is 283 g/mol. The average molecular weight is 283 g/mol. The molecule has 0 saturated carbocycles. The summed E-state index contributed by atoms with van der Waals surface area (Å²) in [4.78, 5) is 20.4. The van der Waals surface area contributed by atoms with Gasteiger partial charge in [-0.15, -0.1) is 11.3 Å². The van der Waals surface area contributed by atoms with Crippen LogP contribution < -0.4 is 16.0 Å². The number of aromatic nitrogens is 1. The molecule has 0 radical (unpaired) electrons. The third-order valence-corrected chi connectivity index (χ3v) is 4.32. The quantitative estimate of drug-likeness (QED) is 0.778. The lowest BCUT2D eigenvalue weighted by molar-refractivity contribution is -0.121. The zero-order chi connectivity index (χ0) is 13.7. The summed E-state index contributed by atoms with van der Waals surface area (Å²) >= 11 is 1.67. The van der Waals surface area contributed by atoms with Crippen LogP contribution in [0.3, 0.4) is 0 Å². The Morgan fingerprint density at radius 1 is 1.53 bits per heavy atom. The first-order chi connectivity index (χ1) is 9.24. The van der Waals surface area contributed by atoms with Gasteiger partial charge in [-0.3, -0.25) is 9.69 Å². The molecule has 2 heterocycles. The highest BCUT2D eigenvalue weighted by Gasteiger charge is 2.25. The van der Waals surface area contributed by atoms with Crippen molar-refractivity contribution in [2.75, 3.05) is 44.7 Å². The van der Waals surface area contributed by atoms with E-state index in [1.54, 1.807) is 18.4 Å². The molecule has 0 aliphatic carbocycles. The molecule has 1 amide bonds. The number of nitrogens with one attached hydrogen (secondary N) is 1. The number of nitrogens with zero attached hydrogens (tertiary/aromatic N) is 3. The average Bonchev–Trinajstić information content (AvgIpc) is 2.99. The fourth-order valence-electron chi connectivity index (χ4n) is 2.33. The topological polar surface area (TPSA) is 74.5 Å². The summed E-state index contributed by atoms with van der Waals surface area (Å²) in [7, 11) is 1.66. The number of anilines is 1. The molecule has 1 aromatic rings. The summed E-state index contributed by atoms with van der Waals surface area (Å²) in [5.41, 5.74) is 5.79. The molecule has 1 aromatic heterocycles. The fraction of sp³-hybridized carbons (Fsp3) is 0.667. The first-order valence-electron chi connectivity index (χ1n) is 6.53. The van der Waals surface area contributed by atoms with Gasteiger partial charge in [-0.2, -0.15) is 0 Å². The van der Waals surface area contributed by atoms with Crippen LogP contribution in [0.15, 0.2) is 11.6 Å². The molecule has 106 valence electrons. The van der Waals surface area contributed by atoms with Gasteiger partial charge in [-0.05, 0) is 0 Å². The van der Waals surface area contributed by atoms with Crippen LogP contribution in [-0.4, -0.2) is 61.6 Å². The van der Waals surface area contributed by atoms with E-state index in [-0.39, 0.29) is 11.9 Å². The summed E-state index contributed by atoms with van der Waals surface area (Å²) in [6, 6.07) is 0.137. The highest BCUT2D eigenvalue weighted by molar-refractivity contribution is 7.13. The van der Waals surface area contributed by atoms with Crippen molar-refractivity contribution in [3.8, 4) is 0 Å². The maximum Gasteiger partial charge on any atom is 0.221 e. The van der Waals surface area contributed by atoms with Crippen molar-refractivity contribution in [2.24, 2.45) is 5.73 Å². The van der Waals surface area contributed by atoms with E-state index in [1.807, 2.05) is 11.6 Å². The lowest BCUT2D eigenvalue weighted by Crippen LogP contribution is -2.53. The van der Waals surface area contributed by atoms with Gasteiger partial charge in [-0.25, -0.2) is 4.98 Å². The van der Waals surface area contributed by atoms with Crippen LogP contribution in [0.1, 0.15) is 6.42 Å². The number of hydrogen-bond acceptors (Lipinski definition) is 6. The van der Waals surface area contributed by atoms with Crippen molar-refractivity contribution >= 4 is 22.4 Å². The van der Waals surface area contributed by atoms with E-state index < -0.39 is 0 Å². The second-order valence-corrected chi connectivity index (χ2v) is 5.48. The van der Waals surface area contributed by atoms with Crippen molar-refractivity contribution in [2.45, 2.75) is 12.5 Å². The second kappa shape index (κ2) is 6.83. The lowest BCUT2D eigenvalue weighted by Gasteiger charge is -2.38. The minimum Gasteiger partial charge on any atom is -0.359 e. The Bertz CT molecular complexity index is 389. The summed E-state index contributed by atoms with van der Waals surface area (Å²) < 4.78 is 0. The van der Waals surface area contributed by atoms with Gasteiger partial charge in [0.2, 0.25) is 5.91 Å². The molecule has 1 fully saturated rings. The molecule has 1 atom stereocenters. The van der Waals surface area contributed by atoms with E-state index in [0.717, 1.165) is 31.3 Å². The van der Waals surface area contributed by atoms with Crippen LogP contribution in [0, 0.1) is 0 Å². The number of rotatable bonds is 5. The zero-order valence-electron chi connectivity index (χ0n) is 11.2. The van der Waals surface area contributed by atoms with Crippen LogP contribution in [0.2, 0.25) is 0 Å². The number of hydrogen-bond donors (Lipinski definition) is 2. The second-order valence-electron chi connectivity index (χ2n) is 4.60. The molecule has 0 bridgehead atoms. The van der Waals surface area contributed by atoms with Crippen molar-refractivity contribution in [1.29, 1.82) is 0 Å². The predicted molar refractivity (Wildman–Crippen MR) is 77.4 cm³/mol. The number of carbonyl (C=O) groups excluding carboxylic acids is 1. The molecule has 1 aliphatic rings. The Kier molecular flexibility index (Phi) is 5.12. The molecule has 3 N–H and O–H groups in total.